The smallest absolute Gasteiger partial charge is 0.276 e. The van der Waals surface area contributed by atoms with Gasteiger partial charge in [-0.25, -0.2) is 4.98 Å². The first-order chi connectivity index (χ1) is 14.1. The molecule has 0 aliphatic heterocycles. The summed E-state index contributed by atoms with van der Waals surface area (Å²) in [6, 6.07) is 18.5. The Balaban J connectivity index is 1.80. The lowest BCUT2D eigenvalue weighted by Gasteiger charge is -2.26. The largest absolute Gasteiger partial charge is 0.328 e. The molecule has 1 fully saturated rings. The number of aryl methyl sites for hydroxylation is 1. The number of pyridine rings is 1. The monoisotopic (exact) mass is 386 g/mol. The fraction of sp³-hybridized carbons (Fsp3) is 0.333. The summed E-state index contributed by atoms with van der Waals surface area (Å²) in [4.78, 5) is 18.5. The Morgan fingerprint density at radius 3 is 2.62 bits per heavy atom. The second-order valence-corrected chi connectivity index (χ2v) is 8.24. The summed E-state index contributed by atoms with van der Waals surface area (Å²) in [6.07, 6.45) is 4.18. The topological polar surface area (TPSA) is 65.8 Å². The third-order valence-corrected chi connectivity index (χ3v) is 6.29. The molecule has 2 N–H and O–H groups in total. The molecule has 0 bridgehead atoms. The molecule has 1 saturated carbocycles. The van der Waals surface area contributed by atoms with Gasteiger partial charge in [-0.1, -0.05) is 55.0 Å². The maximum atomic E-state index is 13.4. The van der Waals surface area contributed by atoms with Crippen molar-refractivity contribution in [1.29, 1.82) is 0 Å². The van der Waals surface area contributed by atoms with Crippen molar-refractivity contribution >= 4 is 21.9 Å². The fourth-order valence-corrected chi connectivity index (χ4v) is 4.81. The molecule has 5 nitrogen and oxygen atoms in total. The van der Waals surface area contributed by atoms with Crippen LogP contribution in [0.2, 0.25) is 0 Å². The van der Waals surface area contributed by atoms with Crippen molar-refractivity contribution in [3.63, 3.8) is 0 Å². The van der Waals surface area contributed by atoms with E-state index in [4.69, 9.17) is 10.7 Å². The number of hydrogen-bond acceptors (Lipinski definition) is 3. The molecule has 0 amide bonds. The van der Waals surface area contributed by atoms with Crippen LogP contribution in [0, 0.1) is 0 Å². The quantitative estimate of drug-likeness (QED) is 0.580. The Morgan fingerprint density at radius 2 is 1.83 bits per heavy atom. The number of fused-ring (bicyclic) bond motifs is 3. The zero-order valence-electron chi connectivity index (χ0n) is 16.7. The molecular weight excluding hydrogens is 360 g/mol. The molecular formula is C24H26N4O. The average Bonchev–Trinajstić information content (AvgIpc) is 3.12. The van der Waals surface area contributed by atoms with Gasteiger partial charge in [0.05, 0.1) is 5.52 Å². The Hall–Kier alpha value is -2.92. The highest BCUT2D eigenvalue weighted by molar-refractivity contribution is 6.02. The molecule has 1 unspecified atom stereocenters. The maximum absolute atomic E-state index is 13.4. The predicted octanol–water partition coefficient (Wildman–Crippen LogP) is 3.92. The minimum atomic E-state index is 0.00786. The van der Waals surface area contributed by atoms with Gasteiger partial charge in [0.1, 0.15) is 16.9 Å². The number of aromatic nitrogens is 3. The molecule has 0 radical (unpaired) electrons. The van der Waals surface area contributed by atoms with Crippen molar-refractivity contribution < 1.29 is 0 Å². The van der Waals surface area contributed by atoms with Crippen molar-refractivity contribution in [1.82, 2.24) is 14.1 Å². The molecule has 2 atom stereocenters. The van der Waals surface area contributed by atoms with Gasteiger partial charge in [-0.05, 0) is 30.9 Å². The highest BCUT2D eigenvalue weighted by atomic mass is 16.1. The second kappa shape index (κ2) is 7.16. The van der Waals surface area contributed by atoms with Crippen molar-refractivity contribution in [3.8, 4) is 0 Å². The van der Waals surface area contributed by atoms with Crippen LogP contribution in [0.4, 0.5) is 0 Å². The van der Waals surface area contributed by atoms with Gasteiger partial charge in [0.25, 0.3) is 5.56 Å². The SMILES string of the molecule is Cn1c(=O)c2c(nc(C3CCC[C@H](N)C3)n2Cc2ccccc2)c2ccccc21. The Kier molecular flexibility index (Phi) is 4.47. The summed E-state index contributed by atoms with van der Waals surface area (Å²) < 4.78 is 3.90. The van der Waals surface area contributed by atoms with Crippen LogP contribution in [0.5, 0.6) is 0 Å². The number of hydrogen-bond donors (Lipinski definition) is 1. The normalized spacial score (nSPS) is 19.8. The number of imidazole rings is 1. The zero-order chi connectivity index (χ0) is 20.0. The van der Waals surface area contributed by atoms with Crippen LogP contribution in [0.3, 0.4) is 0 Å². The zero-order valence-corrected chi connectivity index (χ0v) is 16.7. The minimum absolute atomic E-state index is 0.00786. The van der Waals surface area contributed by atoms with Gasteiger partial charge in [-0.15, -0.1) is 0 Å². The van der Waals surface area contributed by atoms with E-state index in [9.17, 15) is 4.79 Å². The third kappa shape index (κ3) is 3.06. The van der Waals surface area contributed by atoms with Crippen LogP contribution < -0.4 is 11.3 Å². The molecule has 0 saturated heterocycles. The van der Waals surface area contributed by atoms with Crippen LogP contribution in [0.1, 0.15) is 43.0 Å². The predicted molar refractivity (Wildman–Crippen MR) is 117 cm³/mol. The highest BCUT2D eigenvalue weighted by Crippen LogP contribution is 2.34. The van der Waals surface area contributed by atoms with Crippen molar-refractivity contribution in [2.45, 2.75) is 44.2 Å². The fourth-order valence-electron chi connectivity index (χ4n) is 4.81. The van der Waals surface area contributed by atoms with Crippen LogP contribution in [0.25, 0.3) is 21.9 Å². The second-order valence-electron chi connectivity index (χ2n) is 8.24. The summed E-state index contributed by atoms with van der Waals surface area (Å²) >= 11 is 0. The molecule has 1 aliphatic carbocycles. The first-order valence-electron chi connectivity index (χ1n) is 10.4. The summed E-state index contributed by atoms with van der Waals surface area (Å²) in [7, 11) is 1.85. The molecule has 4 aromatic rings. The minimum Gasteiger partial charge on any atom is -0.328 e. The Bertz CT molecular complexity index is 1240. The number of nitrogens with two attached hydrogens (primary N) is 1. The van der Waals surface area contributed by atoms with Crippen LogP contribution in [-0.4, -0.2) is 20.2 Å². The summed E-state index contributed by atoms with van der Waals surface area (Å²) in [6.45, 7) is 0.645. The lowest BCUT2D eigenvalue weighted by atomic mass is 9.85. The molecule has 1 aliphatic rings. The first kappa shape index (κ1) is 18.1. The van der Waals surface area contributed by atoms with E-state index in [-0.39, 0.29) is 11.6 Å². The van der Waals surface area contributed by atoms with Gasteiger partial charge in [0, 0.05) is 30.9 Å². The van der Waals surface area contributed by atoms with Crippen molar-refractivity contribution in [2.75, 3.05) is 0 Å². The Morgan fingerprint density at radius 1 is 1.07 bits per heavy atom. The lowest BCUT2D eigenvalue weighted by Crippen LogP contribution is -2.28. The number of nitrogens with zero attached hydrogens (tertiary/aromatic N) is 3. The van der Waals surface area contributed by atoms with E-state index in [0.717, 1.165) is 47.9 Å². The molecule has 29 heavy (non-hydrogen) atoms. The molecule has 2 aromatic carbocycles. The van der Waals surface area contributed by atoms with E-state index < -0.39 is 0 Å². The van der Waals surface area contributed by atoms with Crippen molar-refractivity contribution in [3.05, 3.63) is 76.3 Å². The maximum Gasteiger partial charge on any atom is 0.276 e. The highest BCUT2D eigenvalue weighted by Gasteiger charge is 2.28. The van der Waals surface area contributed by atoms with Gasteiger partial charge in [-0.2, -0.15) is 0 Å². The standard InChI is InChI=1S/C24H26N4O/c1-27-20-13-6-5-12-19(20)21-22(24(27)29)28(15-16-8-3-2-4-9-16)23(26-21)17-10-7-11-18(25)14-17/h2-6,8-9,12-13,17-18H,7,10-11,14-15,25H2,1H3/t17?,18-/m0/s1. The molecule has 0 spiro atoms. The molecule has 5 rings (SSSR count). The van der Waals surface area contributed by atoms with Gasteiger partial charge >= 0.3 is 0 Å². The van der Waals surface area contributed by atoms with Crippen molar-refractivity contribution in [2.24, 2.45) is 12.8 Å². The first-order valence-corrected chi connectivity index (χ1v) is 10.4. The summed E-state index contributed by atoms with van der Waals surface area (Å²) in [5, 5.41) is 1.03. The van der Waals surface area contributed by atoms with E-state index in [1.807, 2.05) is 43.4 Å². The van der Waals surface area contributed by atoms with Gasteiger partial charge in [0.15, 0.2) is 0 Å². The van der Waals surface area contributed by atoms with Crippen LogP contribution in [-0.2, 0) is 13.6 Å². The van der Waals surface area contributed by atoms with Gasteiger partial charge in [-0.3, -0.25) is 4.79 Å². The van der Waals surface area contributed by atoms with Gasteiger partial charge < -0.3 is 14.9 Å². The number of para-hydroxylation sites is 1. The van der Waals surface area contributed by atoms with Gasteiger partial charge in [0.2, 0.25) is 0 Å². The molecule has 2 heterocycles. The van der Waals surface area contributed by atoms with Crippen LogP contribution >= 0.6 is 0 Å². The molecule has 2 aromatic heterocycles. The van der Waals surface area contributed by atoms with Crippen LogP contribution in [0.15, 0.2) is 59.4 Å². The average molecular weight is 386 g/mol. The number of rotatable bonds is 3. The third-order valence-electron chi connectivity index (χ3n) is 6.29. The van der Waals surface area contributed by atoms with E-state index in [1.54, 1.807) is 4.57 Å². The number of benzene rings is 2. The van der Waals surface area contributed by atoms with E-state index in [2.05, 4.69) is 22.8 Å². The summed E-state index contributed by atoms with van der Waals surface area (Å²) in [5.41, 5.74) is 9.91. The summed E-state index contributed by atoms with van der Waals surface area (Å²) in [5.74, 6) is 1.30. The Labute approximate surface area is 169 Å². The lowest BCUT2D eigenvalue weighted by molar-refractivity contribution is 0.376. The molecule has 148 valence electrons. The van der Waals surface area contributed by atoms with E-state index in [0.29, 0.717) is 18.0 Å². The van der Waals surface area contributed by atoms with E-state index in [1.165, 1.54) is 5.56 Å². The van der Waals surface area contributed by atoms with E-state index >= 15 is 0 Å². The molecule has 5 heteroatoms.